The molecule has 28 heavy (non-hydrogen) atoms. The van der Waals surface area contributed by atoms with E-state index in [4.69, 9.17) is 28.9 Å². The van der Waals surface area contributed by atoms with Gasteiger partial charge in [-0.2, -0.15) is 0 Å². The third-order valence-corrected chi connectivity index (χ3v) is 4.86. The van der Waals surface area contributed by atoms with Gasteiger partial charge in [0.15, 0.2) is 0 Å². The van der Waals surface area contributed by atoms with Crippen LogP contribution >= 0.6 is 23.2 Å². The number of nitrogens with one attached hydrogen (secondary N) is 1. The molecule has 0 fully saturated rings. The molecular weight excluding hydrogens is 387 g/mol. The molecule has 0 saturated heterocycles. The molecule has 0 heterocycles. The summed E-state index contributed by atoms with van der Waals surface area (Å²) in [6.45, 7) is 11.8. The van der Waals surface area contributed by atoms with Crippen LogP contribution in [0.2, 0.25) is 0 Å². The maximum atomic E-state index is 6.40. The van der Waals surface area contributed by atoms with Crippen LogP contribution in [-0.2, 0) is 12.8 Å². The molecule has 0 aliphatic carbocycles. The molecule has 0 spiro atoms. The summed E-state index contributed by atoms with van der Waals surface area (Å²) in [5.74, 6) is 0. The molecule has 0 aromatic heterocycles. The molecule has 2 rings (SSSR count). The first-order chi connectivity index (χ1) is 13.1. The minimum Gasteiger partial charge on any atom is -0.379 e. The van der Waals surface area contributed by atoms with Crippen molar-refractivity contribution in [2.24, 2.45) is 5.73 Å². The minimum absolute atomic E-state index is 0.255. The van der Waals surface area contributed by atoms with Gasteiger partial charge in [0.05, 0.1) is 0 Å². The van der Waals surface area contributed by atoms with Crippen molar-refractivity contribution in [3.05, 3.63) is 88.9 Å². The molecule has 0 radical (unpaired) electrons. The van der Waals surface area contributed by atoms with E-state index in [1.807, 2.05) is 19.1 Å². The van der Waals surface area contributed by atoms with E-state index in [0.29, 0.717) is 29.3 Å². The first kappa shape index (κ1) is 22.5. The summed E-state index contributed by atoms with van der Waals surface area (Å²) in [6.07, 6.45) is 2.79. The van der Waals surface area contributed by atoms with E-state index < -0.39 is 5.54 Å². The molecular formula is C24H30Cl2N2. The Morgan fingerprint density at radius 1 is 0.893 bits per heavy atom. The van der Waals surface area contributed by atoms with Crippen LogP contribution in [0.15, 0.2) is 77.8 Å². The van der Waals surface area contributed by atoms with Gasteiger partial charge >= 0.3 is 0 Å². The van der Waals surface area contributed by atoms with Crippen LogP contribution < -0.4 is 11.1 Å². The van der Waals surface area contributed by atoms with Crippen LogP contribution in [0.3, 0.4) is 0 Å². The lowest BCUT2D eigenvalue weighted by Crippen LogP contribution is -2.39. The Morgan fingerprint density at radius 3 is 2.11 bits per heavy atom. The van der Waals surface area contributed by atoms with Crippen molar-refractivity contribution in [1.82, 2.24) is 0 Å². The topological polar surface area (TPSA) is 38.0 Å². The lowest BCUT2D eigenvalue weighted by atomic mass is 9.88. The highest BCUT2D eigenvalue weighted by Crippen LogP contribution is 2.29. The Morgan fingerprint density at radius 2 is 1.50 bits per heavy atom. The predicted octanol–water partition coefficient (Wildman–Crippen LogP) is 6.65. The third-order valence-electron chi connectivity index (χ3n) is 4.60. The molecule has 3 N–H and O–H groups in total. The van der Waals surface area contributed by atoms with Gasteiger partial charge in [0, 0.05) is 39.7 Å². The average Bonchev–Trinajstić information content (AvgIpc) is 2.52. The van der Waals surface area contributed by atoms with E-state index in [-0.39, 0.29) is 5.54 Å². The fraction of sp³-hybridized carbons (Fsp3) is 0.333. The summed E-state index contributed by atoms with van der Waals surface area (Å²) in [5.41, 5.74) is 9.15. The van der Waals surface area contributed by atoms with Crippen molar-refractivity contribution in [1.29, 1.82) is 0 Å². The van der Waals surface area contributed by atoms with Gasteiger partial charge in [-0.1, -0.05) is 78.8 Å². The summed E-state index contributed by atoms with van der Waals surface area (Å²) in [7, 11) is 0. The van der Waals surface area contributed by atoms with Crippen molar-refractivity contribution in [2.75, 3.05) is 5.32 Å². The lowest BCUT2D eigenvalue weighted by molar-refractivity contribution is 0.468. The number of hydrogen-bond acceptors (Lipinski definition) is 2. The van der Waals surface area contributed by atoms with Crippen molar-refractivity contribution in [3.8, 4) is 0 Å². The van der Waals surface area contributed by atoms with Crippen molar-refractivity contribution < 1.29 is 0 Å². The Labute approximate surface area is 179 Å². The van der Waals surface area contributed by atoms with E-state index in [9.17, 15) is 0 Å². The van der Waals surface area contributed by atoms with Gasteiger partial charge in [-0.05, 0) is 49.9 Å². The molecule has 0 bridgehead atoms. The Kier molecular flexibility index (Phi) is 7.77. The maximum Gasteiger partial charge on any atom is 0.0434 e. The van der Waals surface area contributed by atoms with E-state index >= 15 is 0 Å². The third kappa shape index (κ3) is 7.71. The molecule has 0 aliphatic rings. The number of rotatable bonds is 10. The summed E-state index contributed by atoms with van der Waals surface area (Å²) >= 11 is 12.2. The standard InChI is InChI=1S/C24H30Cl2N2/c1-18(25)14-23(3,27)16-21-11-8-12-22(13-21)28-24(4,15-19(2)26)17-20-9-6-5-7-10-20/h5-13,28H,1-2,14-17,27H2,3-4H3. The summed E-state index contributed by atoms with van der Waals surface area (Å²) in [6, 6.07) is 18.7. The van der Waals surface area contributed by atoms with Crippen LogP contribution in [0.1, 0.15) is 37.8 Å². The van der Waals surface area contributed by atoms with Gasteiger partial charge in [0.1, 0.15) is 0 Å². The molecule has 2 aromatic rings. The van der Waals surface area contributed by atoms with Gasteiger partial charge in [-0.25, -0.2) is 0 Å². The number of halogens is 2. The average molecular weight is 417 g/mol. The van der Waals surface area contributed by atoms with Gasteiger partial charge in [-0.3, -0.25) is 0 Å². The highest BCUT2D eigenvalue weighted by molar-refractivity contribution is 6.29. The second kappa shape index (κ2) is 9.65. The normalized spacial score (nSPS) is 15.3. The molecule has 2 nitrogen and oxygen atoms in total. The van der Waals surface area contributed by atoms with E-state index in [1.54, 1.807) is 0 Å². The zero-order valence-electron chi connectivity index (χ0n) is 16.8. The van der Waals surface area contributed by atoms with Crippen LogP contribution in [0, 0.1) is 0 Å². The molecule has 2 atom stereocenters. The van der Waals surface area contributed by atoms with E-state index in [2.05, 4.69) is 67.9 Å². The molecule has 0 aliphatic heterocycles. The Bertz CT molecular complexity index is 814. The van der Waals surface area contributed by atoms with Crippen LogP contribution in [0.5, 0.6) is 0 Å². The fourth-order valence-corrected chi connectivity index (χ4v) is 4.30. The SMILES string of the molecule is C=C(Cl)CC(C)(N)Cc1cccc(NC(C)(CC(=C)Cl)Cc2ccccc2)c1. The molecule has 0 saturated carbocycles. The van der Waals surface area contributed by atoms with Gasteiger partial charge in [0.25, 0.3) is 0 Å². The Hall–Kier alpha value is -1.74. The monoisotopic (exact) mass is 416 g/mol. The van der Waals surface area contributed by atoms with Crippen molar-refractivity contribution in [2.45, 2.75) is 50.6 Å². The fourth-order valence-electron chi connectivity index (χ4n) is 3.70. The Balaban J connectivity index is 2.20. The van der Waals surface area contributed by atoms with Crippen LogP contribution in [0.25, 0.3) is 0 Å². The first-order valence-corrected chi connectivity index (χ1v) is 10.2. The van der Waals surface area contributed by atoms with Crippen LogP contribution in [-0.4, -0.2) is 11.1 Å². The molecule has 0 amide bonds. The smallest absolute Gasteiger partial charge is 0.0434 e. The van der Waals surface area contributed by atoms with Crippen LogP contribution in [0.4, 0.5) is 5.69 Å². The minimum atomic E-state index is -0.435. The summed E-state index contributed by atoms with van der Waals surface area (Å²) in [4.78, 5) is 0. The highest BCUT2D eigenvalue weighted by Gasteiger charge is 2.26. The predicted molar refractivity (Wildman–Crippen MR) is 124 cm³/mol. The molecule has 4 heteroatoms. The number of nitrogens with two attached hydrogens (primary N) is 1. The maximum absolute atomic E-state index is 6.40. The number of hydrogen-bond donors (Lipinski definition) is 2. The zero-order valence-corrected chi connectivity index (χ0v) is 18.3. The number of benzene rings is 2. The highest BCUT2D eigenvalue weighted by atomic mass is 35.5. The zero-order chi connectivity index (χ0) is 20.8. The second-order valence-electron chi connectivity index (χ2n) is 8.27. The van der Waals surface area contributed by atoms with Gasteiger partial charge in [0.2, 0.25) is 0 Å². The lowest BCUT2D eigenvalue weighted by Gasteiger charge is -2.33. The van der Waals surface area contributed by atoms with Gasteiger partial charge < -0.3 is 11.1 Å². The van der Waals surface area contributed by atoms with Crippen molar-refractivity contribution >= 4 is 28.9 Å². The molecule has 2 aromatic carbocycles. The first-order valence-electron chi connectivity index (χ1n) is 9.43. The van der Waals surface area contributed by atoms with E-state index in [1.165, 1.54) is 5.56 Å². The van der Waals surface area contributed by atoms with Gasteiger partial charge in [-0.15, -0.1) is 0 Å². The quantitative estimate of drug-likeness (QED) is 0.454. The van der Waals surface area contributed by atoms with E-state index in [0.717, 1.165) is 17.7 Å². The largest absolute Gasteiger partial charge is 0.379 e. The summed E-state index contributed by atoms with van der Waals surface area (Å²) < 4.78 is 0. The second-order valence-corrected chi connectivity index (χ2v) is 9.34. The van der Waals surface area contributed by atoms with Crippen molar-refractivity contribution in [3.63, 3.8) is 0 Å². The molecule has 150 valence electrons. The molecule has 2 unspecified atom stereocenters. The summed E-state index contributed by atoms with van der Waals surface area (Å²) in [5, 5.41) is 4.89. The number of anilines is 1.